The first-order valence-electron chi connectivity index (χ1n) is 12.0. The molecule has 0 saturated heterocycles. The summed E-state index contributed by atoms with van der Waals surface area (Å²) in [7, 11) is 0. The van der Waals surface area contributed by atoms with Gasteiger partial charge >= 0.3 is 5.97 Å². The smallest absolute Gasteiger partial charge is 0.338 e. The Labute approximate surface area is 211 Å². The first-order valence-corrected chi connectivity index (χ1v) is 12.0. The molecule has 0 N–H and O–H groups in total. The monoisotopic (exact) mass is 470 g/mol. The van der Waals surface area contributed by atoms with Gasteiger partial charge in [-0.1, -0.05) is 78.9 Å². The summed E-state index contributed by atoms with van der Waals surface area (Å²) in [4.78, 5) is 16.7. The molecule has 0 aliphatic carbocycles. The molecule has 4 nitrogen and oxygen atoms in total. The fourth-order valence-electron chi connectivity index (χ4n) is 4.23. The minimum absolute atomic E-state index is 0.327. The van der Waals surface area contributed by atoms with E-state index < -0.39 is 0 Å². The van der Waals surface area contributed by atoms with Crippen LogP contribution in [0.1, 0.15) is 22.8 Å². The number of hydrogen-bond acceptors (Lipinski definition) is 3. The number of para-hydroxylation sites is 1. The summed E-state index contributed by atoms with van der Waals surface area (Å²) in [6, 6.07) is 40.5. The summed E-state index contributed by atoms with van der Waals surface area (Å²) in [6.45, 7) is 2.15. The first-order chi connectivity index (χ1) is 17.7. The van der Waals surface area contributed by atoms with Crippen molar-refractivity contribution in [2.45, 2.75) is 6.92 Å². The molecule has 5 aromatic rings. The summed E-state index contributed by atoms with van der Waals surface area (Å²) in [6.07, 6.45) is 1.90. The van der Waals surface area contributed by atoms with Gasteiger partial charge in [0.25, 0.3) is 0 Å². The van der Waals surface area contributed by atoms with Gasteiger partial charge in [0.05, 0.1) is 29.2 Å². The highest BCUT2D eigenvalue weighted by molar-refractivity contribution is 5.95. The SMILES string of the molecule is CCOC(=O)c1ccc(N=Cc2cc(-c3ccccc3)n(-c3ccccc3)c2-c2ccccc2)cc1. The van der Waals surface area contributed by atoms with Crippen LogP contribution in [0, 0.1) is 0 Å². The molecule has 4 heteroatoms. The van der Waals surface area contributed by atoms with Crippen LogP contribution < -0.4 is 0 Å². The Balaban J connectivity index is 1.64. The van der Waals surface area contributed by atoms with Crippen LogP contribution >= 0.6 is 0 Å². The summed E-state index contributed by atoms with van der Waals surface area (Å²) in [5, 5.41) is 0. The maximum Gasteiger partial charge on any atom is 0.338 e. The second-order valence-corrected chi connectivity index (χ2v) is 8.26. The Kier molecular flexibility index (Phi) is 6.86. The Hall–Kier alpha value is -4.70. The average Bonchev–Trinajstić information content (AvgIpc) is 3.33. The lowest BCUT2D eigenvalue weighted by molar-refractivity contribution is 0.0526. The van der Waals surface area contributed by atoms with Gasteiger partial charge in [-0.05, 0) is 60.5 Å². The van der Waals surface area contributed by atoms with E-state index in [9.17, 15) is 4.79 Å². The van der Waals surface area contributed by atoms with Gasteiger partial charge in [0.15, 0.2) is 0 Å². The number of ether oxygens (including phenoxy) is 1. The number of aromatic nitrogens is 1. The second kappa shape index (κ2) is 10.7. The zero-order valence-corrected chi connectivity index (χ0v) is 20.0. The standard InChI is InChI=1S/C32H26N2O2/c1-2-36-32(35)26-18-20-28(21-19-26)33-23-27-22-30(24-12-6-3-7-13-24)34(29-16-10-5-11-17-29)31(27)25-14-8-4-9-15-25/h3-23H,2H2,1H3. The molecule has 1 heterocycles. The lowest BCUT2D eigenvalue weighted by Gasteiger charge is -2.15. The molecular weight excluding hydrogens is 444 g/mol. The van der Waals surface area contributed by atoms with E-state index in [0.29, 0.717) is 12.2 Å². The molecule has 0 bridgehead atoms. The highest BCUT2D eigenvalue weighted by atomic mass is 16.5. The van der Waals surface area contributed by atoms with Gasteiger partial charge in [0, 0.05) is 17.5 Å². The van der Waals surface area contributed by atoms with Crippen molar-refractivity contribution in [1.82, 2.24) is 4.57 Å². The van der Waals surface area contributed by atoms with Gasteiger partial charge in [-0.25, -0.2) is 4.79 Å². The number of carbonyl (C=O) groups is 1. The predicted octanol–water partition coefficient (Wildman–Crippen LogP) is 7.74. The van der Waals surface area contributed by atoms with Crippen molar-refractivity contribution < 1.29 is 9.53 Å². The zero-order chi connectivity index (χ0) is 24.7. The molecule has 0 radical (unpaired) electrons. The highest BCUT2D eigenvalue weighted by Crippen LogP contribution is 2.35. The average molecular weight is 471 g/mol. The van der Waals surface area contributed by atoms with E-state index in [1.165, 1.54) is 0 Å². The number of carbonyl (C=O) groups excluding carboxylic acids is 1. The van der Waals surface area contributed by atoms with E-state index in [1.54, 1.807) is 19.1 Å². The van der Waals surface area contributed by atoms with Crippen LogP contribution in [0.2, 0.25) is 0 Å². The van der Waals surface area contributed by atoms with Gasteiger partial charge in [-0.2, -0.15) is 0 Å². The molecule has 0 spiro atoms. The number of nitrogens with zero attached hydrogens (tertiary/aromatic N) is 2. The van der Waals surface area contributed by atoms with Gasteiger partial charge in [0.1, 0.15) is 0 Å². The minimum Gasteiger partial charge on any atom is -0.462 e. The third kappa shape index (κ3) is 4.89. The minimum atomic E-state index is -0.327. The summed E-state index contributed by atoms with van der Waals surface area (Å²) in [5.74, 6) is -0.327. The fourth-order valence-corrected chi connectivity index (χ4v) is 4.23. The van der Waals surface area contributed by atoms with Crippen LogP contribution in [0.25, 0.3) is 28.2 Å². The zero-order valence-electron chi connectivity index (χ0n) is 20.0. The molecule has 0 atom stereocenters. The Morgan fingerprint density at radius 2 is 1.36 bits per heavy atom. The Bertz CT molecular complexity index is 1470. The van der Waals surface area contributed by atoms with Crippen molar-refractivity contribution in [3.63, 3.8) is 0 Å². The van der Waals surface area contributed by atoms with Crippen molar-refractivity contribution in [2.24, 2.45) is 4.99 Å². The third-order valence-corrected chi connectivity index (χ3v) is 5.89. The molecular formula is C32H26N2O2. The van der Waals surface area contributed by atoms with Crippen molar-refractivity contribution >= 4 is 17.9 Å². The molecule has 176 valence electrons. The highest BCUT2D eigenvalue weighted by Gasteiger charge is 2.18. The maximum atomic E-state index is 12.0. The van der Waals surface area contributed by atoms with E-state index in [-0.39, 0.29) is 5.97 Å². The van der Waals surface area contributed by atoms with Gasteiger partial charge in [-0.3, -0.25) is 4.99 Å². The molecule has 0 amide bonds. The lowest BCUT2D eigenvalue weighted by atomic mass is 10.1. The second-order valence-electron chi connectivity index (χ2n) is 8.26. The third-order valence-electron chi connectivity index (χ3n) is 5.89. The molecule has 0 aliphatic heterocycles. The molecule has 0 fully saturated rings. The molecule has 1 aromatic heterocycles. The largest absolute Gasteiger partial charge is 0.462 e. The van der Waals surface area contributed by atoms with E-state index in [1.807, 2.05) is 36.5 Å². The van der Waals surface area contributed by atoms with E-state index in [0.717, 1.165) is 39.5 Å². The number of rotatable bonds is 7. The normalized spacial score (nSPS) is 11.0. The summed E-state index contributed by atoms with van der Waals surface area (Å²) >= 11 is 0. The molecule has 5 rings (SSSR count). The van der Waals surface area contributed by atoms with Crippen LogP contribution in [0.5, 0.6) is 0 Å². The lowest BCUT2D eigenvalue weighted by Crippen LogP contribution is -2.03. The molecule has 0 saturated carbocycles. The van der Waals surface area contributed by atoms with Crippen molar-refractivity contribution in [3.8, 4) is 28.2 Å². The van der Waals surface area contributed by atoms with Gasteiger partial charge in [0.2, 0.25) is 0 Å². The summed E-state index contributed by atoms with van der Waals surface area (Å²) in [5.41, 5.74) is 7.72. The van der Waals surface area contributed by atoms with Crippen LogP contribution in [-0.2, 0) is 4.74 Å². The number of benzene rings is 4. The van der Waals surface area contributed by atoms with E-state index >= 15 is 0 Å². The Morgan fingerprint density at radius 1 is 0.778 bits per heavy atom. The molecule has 36 heavy (non-hydrogen) atoms. The van der Waals surface area contributed by atoms with Crippen LogP contribution in [0.15, 0.2) is 126 Å². The van der Waals surface area contributed by atoms with Gasteiger partial charge < -0.3 is 9.30 Å². The Morgan fingerprint density at radius 3 is 1.97 bits per heavy atom. The van der Waals surface area contributed by atoms with Gasteiger partial charge in [-0.15, -0.1) is 0 Å². The van der Waals surface area contributed by atoms with Crippen LogP contribution in [0.3, 0.4) is 0 Å². The topological polar surface area (TPSA) is 43.6 Å². The maximum absolute atomic E-state index is 12.0. The number of hydrogen-bond donors (Lipinski definition) is 0. The molecule has 0 aliphatic rings. The molecule has 4 aromatic carbocycles. The van der Waals surface area contributed by atoms with E-state index in [2.05, 4.69) is 83.4 Å². The number of esters is 1. The first kappa shape index (κ1) is 23.1. The van der Waals surface area contributed by atoms with Crippen molar-refractivity contribution in [2.75, 3.05) is 6.61 Å². The predicted molar refractivity (Wildman–Crippen MR) is 146 cm³/mol. The van der Waals surface area contributed by atoms with Crippen molar-refractivity contribution in [3.05, 3.63) is 132 Å². The number of aliphatic imine (C=N–C) groups is 1. The van der Waals surface area contributed by atoms with Crippen LogP contribution in [0.4, 0.5) is 5.69 Å². The quantitative estimate of drug-likeness (QED) is 0.180. The summed E-state index contributed by atoms with van der Waals surface area (Å²) < 4.78 is 7.37. The fraction of sp³-hybridized carbons (Fsp3) is 0.0625. The van der Waals surface area contributed by atoms with Crippen LogP contribution in [-0.4, -0.2) is 23.4 Å². The van der Waals surface area contributed by atoms with E-state index in [4.69, 9.17) is 9.73 Å². The van der Waals surface area contributed by atoms with Crippen molar-refractivity contribution in [1.29, 1.82) is 0 Å². The molecule has 0 unspecified atom stereocenters.